The zero-order chi connectivity index (χ0) is 13.5. The van der Waals surface area contributed by atoms with Gasteiger partial charge in [0, 0.05) is 18.0 Å². The van der Waals surface area contributed by atoms with E-state index in [4.69, 9.17) is 22.7 Å². The largest absolute Gasteiger partial charge is 0.496 e. The first-order valence-corrected chi connectivity index (χ1v) is 6.13. The molecule has 18 heavy (non-hydrogen) atoms. The van der Waals surface area contributed by atoms with Gasteiger partial charge in [0.15, 0.2) is 0 Å². The van der Waals surface area contributed by atoms with Crippen molar-refractivity contribution in [3.05, 3.63) is 29.8 Å². The normalized spacial score (nSPS) is 11.7. The van der Waals surface area contributed by atoms with E-state index in [1.54, 1.807) is 7.11 Å². The summed E-state index contributed by atoms with van der Waals surface area (Å²) in [5.41, 5.74) is 6.29. The van der Waals surface area contributed by atoms with Crippen LogP contribution in [-0.2, 0) is 11.2 Å². The summed E-state index contributed by atoms with van der Waals surface area (Å²) in [4.78, 5) is 12.2. The maximum absolute atomic E-state index is 11.8. The van der Waals surface area contributed by atoms with Gasteiger partial charge in [-0.25, -0.2) is 0 Å². The third kappa shape index (κ3) is 4.71. The molecule has 5 heteroatoms. The number of nitrogens with one attached hydrogen (secondary N) is 1. The van der Waals surface area contributed by atoms with Crippen LogP contribution in [0.15, 0.2) is 24.3 Å². The highest BCUT2D eigenvalue weighted by Crippen LogP contribution is 2.17. The number of para-hydroxylation sites is 1. The van der Waals surface area contributed by atoms with Crippen LogP contribution in [0.5, 0.6) is 5.75 Å². The first-order chi connectivity index (χ1) is 8.52. The van der Waals surface area contributed by atoms with Gasteiger partial charge in [-0.2, -0.15) is 0 Å². The van der Waals surface area contributed by atoms with E-state index in [0.717, 1.165) is 11.3 Å². The van der Waals surface area contributed by atoms with E-state index in [-0.39, 0.29) is 18.4 Å². The number of benzene rings is 1. The average Bonchev–Trinajstić information content (AvgIpc) is 2.28. The third-order valence-corrected chi connectivity index (χ3v) is 2.62. The molecule has 0 radical (unpaired) electrons. The van der Waals surface area contributed by atoms with Crippen LogP contribution in [0.1, 0.15) is 18.9 Å². The van der Waals surface area contributed by atoms with Crippen LogP contribution in [-0.4, -0.2) is 24.0 Å². The Kier molecular flexibility index (Phi) is 5.58. The highest BCUT2D eigenvalue weighted by atomic mass is 32.1. The second-order valence-electron chi connectivity index (χ2n) is 4.13. The lowest BCUT2D eigenvalue weighted by Gasteiger charge is -2.14. The van der Waals surface area contributed by atoms with Crippen LogP contribution in [0.25, 0.3) is 0 Å². The Morgan fingerprint density at radius 1 is 1.50 bits per heavy atom. The molecule has 0 aromatic heterocycles. The van der Waals surface area contributed by atoms with Gasteiger partial charge in [0.25, 0.3) is 0 Å². The predicted molar refractivity (Wildman–Crippen MR) is 75.7 cm³/mol. The fraction of sp³-hybridized carbons (Fsp3) is 0.385. The predicted octanol–water partition coefficient (Wildman–Crippen LogP) is 1.42. The van der Waals surface area contributed by atoms with Gasteiger partial charge in [0.05, 0.1) is 18.5 Å². The van der Waals surface area contributed by atoms with E-state index in [9.17, 15) is 4.79 Å². The lowest BCUT2D eigenvalue weighted by Crippen LogP contribution is -2.36. The van der Waals surface area contributed by atoms with E-state index in [1.165, 1.54) is 0 Å². The number of carbonyl (C=O) groups is 1. The summed E-state index contributed by atoms with van der Waals surface area (Å²) < 4.78 is 5.19. The molecule has 4 nitrogen and oxygen atoms in total. The molecule has 0 bridgehead atoms. The second-order valence-corrected chi connectivity index (χ2v) is 4.65. The molecule has 0 aliphatic rings. The summed E-state index contributed by atoms with van der Waals surface area (Å²) in [6, 6.07) is 7.40. The van der Waals surface area contributed by atoms with Crippen LogP contribution < -0.4 is 15.8 Å². The number of hydrogen-bond donors (Lipinski definition) is 2. The molecule has 1 rings (SSSR count). The Balaban J connectivity index is 2.56. The first-order valence-electron chi connectivity index (χ1n) is 5.72. The molecule has 0 heterocycles. The second kappa shape index (κ2) is 6.96. The standard InChI is InChI=1S/C13H18N2O2S/c1-9(7-12(14)18)15-13(16)8-10-5-3-4-6-11(10)17-2/h3-6,9H,7-8H2,1-2H3,(H2,14,18)(H,15,16). The van der Waals surface area contributed by atoms with Crippen molar-refractivity contribution in [3.8, 4) is 5.75 Å². The maximum Gasteiger partial charge on any atom is 0.224 e. The smallest absolute Gasteiger partial charge is 0.224 e. The van der Waals surface area contributed by atoms with E-state index in [0.29, 0.717) is 11.4 Å². The Labute approximate surface area is 113 Å². The van der Waals surface area contributed by atoms with Gasteiger partial charge in [-0.3, -0.25) is 4.79 Å². The maximum atomic E-state index is 11.8. The van der Waals surface area contributed by atoms with Crippen molar-refractivity contribution in [3.63, 3.8) is 0 Å². The molecule has 0 saturated carbocycles. The number of amides is 1. The fourth-order valence-corrected chi connectivity index (χ4v) is 1.95. The molecule has 1 atom stereocenters. The van der Waals surface area contributed by atoms with Crippen LogP contribution >= 0.6 is 12.2 Å². The van der Waals surface area contributed by atoms with Crippen molar-refractivity contribution in [1.29, 1.82) is 0 Å². The minimum atomic E-state index is -0.0664. The zero-order valence-electron chi connectivity index (χ0n) is 10.6. The number of nitrogens with two attached hydrogens (primary N) is 1. The van der Waals surface area contributed by atoms with Gasteiger partial charge < -0.3 is 15.8 Å². The van der Waals surface area contributed by atoms with E-state index < -0.39 is 0 Å². The lowest BCUT2D eigenvalue weighted by molar-refractivity contribution is -0.121. The number of carbonyl (C=O) groups excluding carboxylic acids is 1. The number of methoxy groups -OCH3 is 1. The quantitative estimate of drug-likeness (QED) is 0.764. The van der Waals surface area contributed by atoms with Crippen molar-refractivity contribution < 1.29 is 9.53 Å². The molecule has 0 fully saturated rings. The molecule has 3 N–H and O–H groups in total. The van der Waals surface area contributed by atoms with Crippen molar-refractivity contribution in [2.75, 3.05) is 7.11 Å². The summed E-state index contributed by atoms with van der Waals surface area (Å²) in [5.74, 6) is 0.651. The molecule has 98 valence electrons. The van der Waals surface area contributed by atoms with Gasteiger partial charge >= 0.3 is 0 Å². The summed E-state index contributed by atoms with van der Waals surface area (Å²) >= 11 is 4.80. The van der Waals surface area contributed by atoms with Crippen molar-refractivity contribution in [1.82, 2.24) is 5.32 Å². The Hall–Kier alpha value is -1.62. The Morgan fingerprint density at radius 2 is 2.17 bits per heavy atom. The fourth-order valence-electron chi connectivity index (χ4n) is 1.70. The van der Waals surface area contributed by atoms with E-state index in [2.05, 4.69) is 5.32 Å². The number of ether oxygens (including phenoxy) is 1. The topological polar surface area (TPSA) is 64.3 Å². The monoisotopic (exact) mass is 266 g/mol. The lowest BCUT2D eigenvalue weighted by atomic mass is 10.1. The molecular formula is C13H18N2O2S. The van der Waals surface area contributed by atoms with Crippen LogP contribution in [0.2, 0.25) is 0 Å². The van der Waals surface area contributed by atoms with E-state index >= 15 is 0 Å². The third-order valence-electron chi connectivity index (χ3n) is 2.46. The molecule has 1 aromatic carbocycles. The van der Waals surface area contributed by atoms with Gasteiger partial charge in [-0.15, -0.1) is 0 Å². The molecule has 1 unspecified atom stereocenters. The Bertz CT molecular complexity index is 435. The molecule has 0 saturated heterocycles. The van der Waals surface area contributed by atoms with Gasteiger partial charge in [0.2, 0.25) is 5.91 Å². The highest BCUT2D eigenvalue weighted by Gasteiger charge is 2.11. The summed E-state index contributed by atoms with van der Waals surface area (Å²) in [6.07, 6.45) is 0.790. The minimum absolute atomic E-state index is 0.0512. The zero-order valence-corrected chi connectivity index (χ0v) is 11.4. The number of hydrogen-bond acceptors (Lipinski definition) is 3. The summed E-state index contributed by atoms with van der Waals surface area (Å²) in [7, 11) is 1.59. The highest BCUT2D eigenvalue weighted by molar-refractivity contribution is 7.80. The SMILES string of the molecule is COc1ccccc1CC(=O)NC(C)CC(N)=S. The Morgan fingerprint density at radius 3 is 2.78 bits per heavy atom. The first kappa shape index (κ1) is 14.4. The molecule has 0 aliphatic heterocycles. The van der Waals surface area contributed by atoms with E-state index in [1.807, 2.05) is 31.2 Å². The van der Waals surface area contributed by atoms with Crippen molar-refractivity contribution in [2.24, 2.45) is 5.73 Å². The molecular weight excluding hydrogens is 248 g/mol. The van der Waals surface area contributed by atoms with Crippen LogP contribution in [0.4, 0.5) is 0 Å². The van der Waals surface area contributed by atoms with Crippen molar-refractivity contribution >= 4 is 23.1 Å². The number of thiocarbonyl (C=S) groups is 1. The van der Waals surface area contributed by atoms with Gasteiger partial charge in [0.1, 0.15) is 5.75 Å². The van der Waals surface area contributed by atoms with Gasteiger partial charge in [-0.1, -0.05) is 30.4 Å². The molecule has 0 aliphatic carbocycles. The molecule has 1 amide bonds. The summed E-state index contributed by atoms with van der Waals surface area (Å²) in [5, 5.41) is 2.85. The minimum Gasteiger partial charge on any atom is -0.496 e. The summed E-state index contributed by atoms with van der Waals surface area (Å²) in [6.45, 7) is 1.87. The van der Waals surface area contributed by atoms with Gasteiger partial charge in [-0.05, 0) is 13.0 Å². The number of rotatable bonds is 6. The van der Waals surface area contributed by atoms with Crippen LogP contribution in [0.3, 0.4) is 0 Å². The van der Waals surface area contributed by atoms with Crippen LogP contribution in [0, 0.1) is 0 Å². The molecule has 1 aromatic rings. The molecule has 0 spiro atoms. The average molecular weight is 266 g/mol. The van der Waals surface area contributed by atoms with Crippen molar-refractivity contribution in [2.45, 2.75) is 25.8 Å².